The van der Waals surface area contributed by atoms with Crippen molar-refractivity contribution in [2.45, 2.75) is 0 Å². The van der Waals surface area contributed by atoms with Crippen LogP contribution in [0.1, 0.15) is 0 Å². The largest absolute Gasteiger partial charge is 0.395 e. The van der Waals surface area contributed by atoms with Crippen LogP contribution in [-0.2, 0) is 0 Å². The van der Waals surface area contributed by atoms with Gasteiger partial charge in [-0.3, -0.25) is 0 Å². The molecule has 0 spiro atoms. The van der Waals surface area contributed by atoms with Gasteiger partial charge in [-0.25, -0.2) is 13.8 Å². The molecule has 1 aromatic rings. The van der Waals surface area contributed by atoms with Crippen LogP contribution in [0.4, 0.5) is 14.6 Å². The molecule has 0 unspecified atom stereocenters. The maximum Gasteiger partial charge on any atom is 0.168 e. The van der Waals surface area contributed by atoms with Crippen LogP contribution in [0.3, 0.4) is 0 Å². The SMILES string of the molecule is OCCN(CCO)c1ncc(F)cc1F. The Morgan fingerprint density at radius 2 is 1.80 bits per heavy atom. The zero-order valence-electron chi connectivity index (χ0n) is 8.03. The lowest BCUT2D eigenvalue weighted by Gasteiger charge is -2.21. The Morgan fingerprint density at radius 3 is 2.27 bits per heavy atom. The molecule has 4 nitrogen and oxygen atoms in total. The molecule has 0 aromatic carbocycles. The summed E-state index contributed by atoms with van der Waals surface area (Å²) in [5.41, 5.74) is 0. The number of rotatable bonds is 5. The second-order valence-corrected chi connectivity index (χ2v) is 2.89. The Bertz CT molecular complexity index is 317. The van der Waals surface area contributed by atoms with Crippen molar-refractivity contribution < 1.29 is 19.0 Å². The minimum absolute atomic E-state index is 0.0699. The molecule has 6 heteroatoms. The number of halogens is 2. The Hall–Kier alpha value is -1.27. The van der Waals surface area contributed by atoms with Crippen molar-refractivity contribution in [1.29, 1.82) is 0 Å². The van der Waals surface area contributed by atoms with Crippen LogP contribution in [0.15, 0.2) is 12.3 Å². The predicted molar refractivity (Wildman–Crippen MR) is 50.5 cm³/mol. The lowest BCUT2D eigenvalue weighted by Crippen LogP contribution is -2.31. The number of pyridine rings is 1. The fourth-order valence-electron chi connectivity index (χ4n) is 1.21. The monoisotopic (exact) mass is 218 g/mol. The summed E-state index contributed by atoms with van der Waals surface area (Å²) in [7, 11) is 0. The molecule has 1 aromatic heterocycles. The summed E-state index contributed by atoms with van der Waals surface area (Å²) >= 11 is 0. The van der Waals surface area contributed by atoms with Gasteiger partial charge in [0.25, 0.3) is 0 Å². The van der Waals surface area contributed by atoms with Gasteiger partial charge in [0.2, 0.25) is 0 Å². The minimum atomic E-state index is -0.808. The van der Waals surface area contributed by atoms with Crippen molar-refractivity contribution in [2.75, 3.05) is 31.2 Å². The van der Waals surface area contributed by atoms with Gasteiger partial charge in [-0.1, -0.05) is 0 Å². The minimum Gasteiger partial charge on any atom is -0.395 e. The van der Waals surface area contributed by atoms with Crippen molar-refractivity contribution in [3.63, 3.8) is 0 Å². The zero-order valence-corrected chi connectivity index (χ0v) is 8.03. The first kappa shape index (κ1) is 11.8. The second kappa shape index (κ2) is 5.57. The first-order chi connectivity index (χ1) is 7.19. The molecule has 84 valence electrons. The molecule has 1 heterocycles. The second-order valence-electron chi connectivity index (χ2n) is 2.89. The van der Waals surface area contributed by atoms with Crippen LogP contribution in [0, 0.1) is 11.6 Å². The summed E-state index contributed by atoms with van der Waals surface area (Å²) in [5.74, 6) is -1.64. The number of nitrogens with zero attached hydrogens (tertiary/aromatic N) is 2. The van der Waals surface area contributed by atoms with Crippen LogP contribution in [0.25, 0.3) is 0 Å². The molecular formula is C9H12F2N2O2. The van der Waals surface area contributed by atoms with Crippen molar-refractivity contribution in [3.8, 4) is 0 Å². The van der Waals surface area contributed by atoms with Crippen molar-refractivity contribution >= 4 is 5.82 Å². The van der Waals surface area contributed by atoms with E-state index in [-0.39, 0.29) is 32.1 Å². The highest BCUT2D eigenvalue weighted by atomic mass is 19.1. The number of hydrogen-bond donors (Lipinski definition) is 2. The van der Waals surface area contributed by atoms with Gasteiger partial charge >= 0.3 is 0 Å². The molecule has 0 atom stereocenters. The zero-order chi connectivity index (χ0) is 11.3. The summed E-state index contributed by atoms with van der Waals surface area (Å²) in [6, 6.07) is 0.712. The van der Waals surface area contributed by atoms with E-state index in [2.05, 4.69) is 4.98 Å². The Kier molecular flexibility index (Phi) is 4.38. The van der Waals surface area contributed by atoms with E-state index in [4.69, 9.17) is 10.2 Å². The molecule has 0 radical (unpaired) electrons. The average molecular weight is 218 g/mol. The number of hydrogen-bond acceptors (Lipinski definition) is 4. The van der Waals surface area contributed by atoms with Gasteiger partial charge in [-0.05, 0) is 0 Å². The number of anilines is 1. The third-order valence-electron chi connectivity index (χ3n) is 1.83. The van der Waals surface area contributed by atoms with Gasteiger partial charge in [0.05, 0.1) is 19.4 Å². The van der Waals surface area contributed by atoms with Crippen LogP contribution in [0.2, 0.25) is 0 Å². The molecule has 0 saturated carbocycles. The van der Waals surface area contributed by atoms with Gasteiger partial charge < -0.3 is 15.1 Å². The van der Waals surface area contributed by atoms with E-state index < -0.39 is 11.6 Å². The summed E-state index contributed by atoms with van der Waals surface area (Å²) in [5, 5.41) is 17.4. The summed E-state index contributed by atoms with van der Waals surface area (Å²) in [6.45, 7) is -0.122. The van der Waals surface area contributed by atoms with Crippen LogP contribution < -0.4 is 4.90 Å². The van der Waals surface area contributed by atoms with E-state index in [0.29, 0.717) is 6.07 Å². The first-order valence-corrected chi connectivity index (χ1v) is 4.46. The molecule has 0 aliphatic rings. The number of aliphatic hydroxyl groups is 2. The van der Waals surface area contributed by atoms with Gasteiger partial charge in [-0.15, -0.1) is 0 Å². The quantitative estimate of drug-likeness (QED) is 0.738. The Labute approximate surface area is 85.8 Å². The third kappa shape index (κ3) is 3.10. The smallest absolute Gasteiger partial charge is 0.168 e. The molecule has 0 amide bonds. The molecule has 2 N–H and O–H groups in total. The van der Waals surface area contributed by atoms with Crippen molar-refractivity contribution in [3.05, 3.63) is 23.9 Å². The normalized spacial score (nSPS) is 10.4. The highest BCUT2D eigenvalue weighted by molar-refractivity contribution is 5.39. The van der Waals surface area contributed by atoms with Gasteiger partial charge in [0.1, 0.15) is 5.82 Å². The van der Waals surface area contributed by atoms with Crippen LogP contribution in [0.5, 0.6) is 0 Å². The Balaban J connectivity index is 2.89. The fraction of sp³-hybridized carbons (Fsp3) is 0.444. The average Bonchev–Trinajstić information content (AvgIpc) is 2.17. The lowest BCUT2D eigenvalue weighted by molar-refractivity contribution is 0.280. The fourth-order valence-corrected chi connectivity index (χ4v) is 1.21. The molecule has 15 heavy (non-hydrogen) atoms. The van der Waals surface area contributed by atoms with E-state index in [0.717, 1.165) is 6.20 Å². The summed E-state index contributed by atoms with van der Waals surface area (Å²) in [6.07, 6.45) is 0.889. The van der Waals surface area contributed by atoms with Crippen molar-refractivity contribution in [1.82, 2.24) is 4.98 Å². The topological polar surface area (TPSA) is 56.6 Å². The maximum absolute atomic E-state index is 13.2. The van der Waals surface area contributed by atoms with Crippen LogP contribution in [-0.4, -0.2) is 41.5 Å². The van der Waals surface area contributed by atoms with Gasteiger partial charge in [0, 0.05) is 19.2 Å². The van der Waals surface area contributed by atoms with E-state index in [1.54, 1.807) is 0 Å². The van der Waals surface area contributed by atoms with Crippen LogP contribution >= 0.6 is 0 Å². The highest BCUT2D eigenvalue weighted by Crippen LogP contribution is 2.15. The highest BCUT2D eigenvalue weighted by Gasteiger charge is 2.12. The lowest BCUT2D eigenvalue weighted by atomic mass is 10.3. The Morgan fingerprint density at radius 1 is 1.20 bits per heavy atom. The van der Waals surface area contributed by atoms with Gasteiger partial charge in [0.15, 0.2) is 11.6 Å². The first-order valence-electron chi connectivity index (χ1n) is 4.46. The standard InChI is InChI=1S/C9H12F2N2O2/c10-7-5-8(11)9(12-6-7)13(1-3-14)2-4-15/h5-6,14-15H,1-4H2. The van der Waals surface area contributed by atoms with E-state index in [1.807, 2.05) is 0 Å². The molecule has 1 rings (SSSR count). The van der Waals surface area contributed by atoms with Gasteiger partial charge in [-0.2, -0.15) is 0 Å². The number of aromatic nitrogens is 1. The molecule has 0 aliphatic heterocycles. The molecular weight excluding hydrogens is 206 g/mol. The third-order valence-corrected chi connectivity index (χ3v) is 1.83. The number of aliphatic hydroxyl groups excluding tert-OH is 2. The summed E-state index contributed by atoms with van der Waals surface area (Å²) < 4.78 is 25.8. The van der Waals surface area contributed by atoms with E-state index >= 15 is 0 Å². The molecule has 0 saturated heterocycles. The maximum atomic E-state index is 13.2. The molecule has 0 bridgehead atoms. The summed E-state index contributed by atoms with van der Waals surface area (Å²) in [4.78, 5) is 4.91. The van der Waals surface area contributed by atoms with E-state index in [1.165, 1.54) is 4.90 Å². The molecule has 0 fully saturated rings. The van der Waals surface area contributed by atoms with E-state index in [9.17, 15) is 8.78 Å². The predicted octanol–water partition coefficient (Wildman–Crippen LogP) is 0.151. The van der Waals surface area contributed by atoms with Crippen molar-refractivity contribution in [2.24, 2.45) is 0 Å². The molecule has 0 aliphatic carbocycles.